The number of pyridine rings is 1. The molecule has 0 aliphatic carbocycles. The van der Waals surface area contributed by atoms with E-state index in [0.29, 0.717) is 6.61 Å². The van der Waals surface area contributed by atoms with Gasteiger partial charge in [-0.3, -0.25) is 9.88 Å². The number of nitrogens with one attached hydrogen (secondary N) is 1. The minimum absolute atomic E-state index is 0.473. The molecule has 1 aliphatic heterocycles. The zero-order valence-electron chi connectivity index (χ0n) is 16.0. The molecule has 0 amide bonds. The Morgan fingerprint density at radius 1 is 1.15 bits per heavy atom. The van der Waals surface area contributed by atoms with Crippen LogP contribution in [0.1, 0.15) is 17.5 Å². The van der Waals surface area contributed by atoms with Gasteiger partial charge in [-0.25, -0.2) is 0 Å². The number of hydrogen-bond acceptors (Lipinski definition) is 6. The van der Waals surface area contributed by atoms with E-state index in [1.807, 2.05) is 30.5 Å². The molecule has 0 bridgehead atoms. The molecule has 3 rings (SSSR count). The maximum atomic E-state index is 5.95. The van der Waals surface area contributed by atoms with Crippen molar-refractivity contribution in [2.24, 2.45) is 0 Å². The number of aromatic nitrogens is 1. The largest absolute Gasteiger partial charge is 0.493 e. The Kier molecular flexibility index (Phi) is 7.89. The third-order valence-electron chi connectivity index (χ3n) is 4.61. The van der Waals surface area contributed by atoms with E-state index in [1.54, 1.807) is 13.3 Å². The first-order valence-corrected chi connectivity index (χ1v) is 9.54. The molecule has 0 spiro atoms. The molecule has 1 aliphatic rings. The summed E-state index contributed by atoms with van der Waals surface area (Å²) >= 11 is 0. The summed E-state index contributed by atoms with van der Waals surface area (Å²) in [5, 5.41) is 3.52. The van der Waals surface area contributed by atoms with E-state index in [9.17, 15) is 0 Å². The van der Waals surface area contributed by atoms with Gasteiger partial charge in [0.05, 0.1) is 20.3 Å². The molecule has 146 valence electrons. The Bertz CT molecular complexity index is 676. The zero-order valence-corrected chi connectivity index (χ0v) is 16.0. The van der Waals surface area contributed by atoms with E-state index >= 15 is 0 Å². The fourth-order valence-corrected chi connectivity index (χ4v) is 3.07. The monoisotopic (exact) mass is 371 g/mol. The van der Waals surface area contributed by atoms with E-state index in [1.165, 1.54) is 5.56 Å². The van der Waals surface area contributed by atoms with Crippen molar-refractivity contribution in [2.45, 2.75) is 19.6 Å². The highest BCUT2D eigenvalue weighted by Crippen LogP contribution is 2.28. The first-order chi connectivity index (χ1) is 13.3. The van der Waals surface area contributed by atoms with Crippen molar-refractivity contribution in [3.8, 4) is 11.5 Å². The summed E-state index contributed by atoms with van der Waals surface area (Å²) < 4.78 is 16.8. The molecule has 27 heavy (non-hydrogen) atoms. The Morgan fingerprint density at radius 2 is 2.04 bits per heavy atom. The molecule has 1 N–H and O–H groups in total. The lowest BCUT2D eigenvalue weighted by Gasteiger charge is -2.26. The Hall–Kier alpha value is -2.15. The normalized spacial score (nSPS) is 14.9. The topological polar surface area (TPSA) is 55.9 Å². The van der Waals surface area contributed by atoms with Gasteiger partial charge in [-0.2, -0.15) is 0 Å². The molecule has 1 fully saturated rings. The fraction of sp³-hybridized carbons (Fsp3) is 0.476. The van der Waals surface area contributed by atoms with Crippen LogP contribution in [0.5, 0.6) is 11.5 Å². The number of methoxy groups -OCH3 is 1. The van der Waals surface area contributed by atoms with E-state index < -0.39 is 0 Å². The SMILES string of the molecule is COc1ccc(CNCCCN2CCOCC2)cc1OCc1cccnc1. The third kappa shape index (κ3) is 6.50. The van der Waals surface area contributed by atoms with Gasteiger partial charge in [-0.15, -0.1) is 0 Å². The van der Waals surface area contributed by atoms with Crippen LogP contribution in [-0.4, -0.2) is 56.4 Å². The Morgan fingerprint density at radius 3 is 2.81 bits per heavy atom. The van der Waals surface area contributed by atoms with Crippen LogP contribution in [0.3, 0.4) is 0 Å². The van der Waals surface area contributed by atoms with Crippen molar-refractivity contribution in [3.05, 3.63) is 53.9 Å². The first kappa shape index (κ1) is 19.6. The van der Waals surface area contributed by atoms with Crippen molar-refractivity contribution in [2.75, 3.05) is 46.5 Å². The summed E-state index contributed by atoms with van der Waals surface area (Å²) in [7, 11) is 1.66. The summed E-state index contributed by atoms with van der Waals surface area (Å²) in [6.07, 6.45) is 4.71. The Balaban J connectivity index is 1.44. The van der Waals surface area contributed by atoms with E-state index in [0.717, 1.165) is 69.4 Å². The lowest BCUT2D eigenvalue weighted by atomic mass is 10.2. The molecular formula is C21H29N3O3. The minimum Gasteiger partial charge on any atom is -0.493 e. The molecule has 2 aromatic rings. The van der Waals surface area contributed by atoms with Gasteiger partial charge in [-0.05, 0) is 43.3 Å². The summed E-state index contributed by atoms with van der Waals surface area (Å²) in [5.74, 6) is 1.50. The number of ether oxygens (including phenoxy) is 3. The van der Waals surface area contributed by atoms with E-state index in [2.05, 4.69) is 21.3 Å². The van der Waals surface area contributed by atoms with Crippen LogP contribution < -0.4 is 14.8 Å². The van der Waals surface area contributed by atoms with Gasteiger partial charge >= 0.3 is 0 Å². The molecule has 0 radical (unpaired) electrons. The van der Waals surface area contributed by atoms with Gasteiger partial charge in [0.15, 0.2) is 11.5 Å². The van der Waals surface area contributed by atoms with Gasteiger partial charge in [0.1, 0.15) is 6.61 Å². The Labute approximate surface area is 161 Å². The number of morpholine rings is 1. The van der Waals surface area contributed by atoms with Crippen molar-refractivity contribution in [3.63, 3.8) is 0 Å². The van der Waals surface area contributed by atoms with Crippen LogP contribution in [0.25, 0.3) is 0 Å². The van der Waals surface area contributed by atoms with Gasteiger partial charge in [0.2, 0.25) is 0 Å². The maximum Gasteiger partial charge on any atom is 0.161 e. The minimum atomic E-state index is 0.473. The second kappa shape index (κ2) is 10.9. The molecule has 6 nitrogen and oxygen atoms in total. The van der Waals surface area contributed by atoms with Crippen molar-refractivity contribution in [1.82, 2.24) is 15.2 Å². The quantitative estimate of drug-likeness (QED) is 0.648. The van der Waals surface area contributed by atoms with Crippen LogP contribution in [0, 0.1) is 0 Å². The van der Waals surface area contributed by atoms with Crippen molar-refractivity contribution < 1.29 is 14.2 Å². The summed E-state index contributed by atoms with van der Waals surface area (Å²) in [5.41, 5.74) is 2.22. The molecule has 1 saturated heterocycles. The predicted octanol–water partition coefficient (Wildman–Crippen LogP) is 2.48. The smallest absolute Gasteiger partial charge is 0.161 e. The lowest BCUT2D eigenvalue weighted by molar-refractivity contribution is 0.0374. The zero-order chi connectivity index (χ0) is 18.7. The average molecular weight is 371 g/mol. The summed E-state index contributed by atoms with van der Waals surface area (Å²) in [6.45, 7) is 7.24. The molecule has 1 aromatic carbocycles. The molecular weight excluding hydrogens is 342 g/mol. The van der Waals surface area contributed by atoms with Crippen LogP contribution in [0.15, 0.2) is 42.7 Å². The van der Waals surface area contributed by atoms with E-state index in [-0.39, 0.29) is 0 Å². The number of hydrogen-bond donors (Lipinski definition) is 1. The highest BCUT2D eigenvalue weighted by Gasteiger charge is 2.09. The first-order valence-electron chi connectivity index (χ1n) is 9.54. The predicted molar refractivity (Wildman–Crippen MR) is 105 cm³/mol. The fourth-order valence-electron chi connectivity index (χ4n) is 3.07. The standard InChI is InChI=1S/C21H29N3O3/c1-25-20-6-5-18(14-21(20)27-17-19-4-2-7-22-16-19)15-23-8-3-9-24-10-12-26-13-11-24/h2,4-7,14,16,23H,3,8-13,15,17H2,1H3. The number of rotatable bonds is 10. The van der Waals surface area contributed by atoms with Gasteiger partial charge in [-0.1, -0.05) is 12.1 Å². The van der Waals surface area contributed by atoms with E-state index in [4.69, 9.17) is 14.2 Å². The van der Waals surface area contributed by atoms with Crippen LogP contribution in [-0.2, 0) is 17.9 Å². The highest BCUT2D eigenvalue weighted by atomic mass is 16.5. The second-order valence-corrected chi connectivity index (χ2v) is 6.62. The summed E-state index contributed by atoms with van der Waals surface area (Å²) in [4.78, 5) is 6.58. The molecule has 6 heteroatoms. The maximum absolute atomic E-state index is 5.95. The molecule has 0 saturated carbocycles. The summed E-state index contributed by atoms with van der Waals surface area (Å²) in [6, 6.07) is 9.99. The van der Waals surface area contributed by atoms with Gasteiger partial charge in [0, 0.05) is 37.6 Å². The van der Waals surface area contributed by atoms with Gasteiger partial charge < -0.3 is 19.5 Å². The number of nitrogens with zero attached hydrogens (tertiary/aromatic N) is 2. The lowest BCUT2D eigenvalue weighted by Crippen LogP contribution is -2.37. The molecule has 1 aromatic heterocycles. The molecule has 0 unspecified atom stereocenters. The number of benzene rings is 1. The second-order valence-electron chi connectivity index (χ2n) is 6.62. The van der Waals surface area contributed by atoms with Gasteiger partial charge in [0.25, 0.3) is 0 Å². The molecule has 2 heterocycles. The average Bonchev–Trinajstić information content (AvgIpc) is 2.73. The van der Waals surface area contributed by atoms with Crippen LogP contribution >= 0.6 is 0 Å². The van der Waals surface area contributed by atoms with Crippen molar-refractivity contribution >= 4 is 0 Å². The van der Waals surface area contributed by atoms with Crippen LogP contribution in [0.4, 0.5) is 0 Å². The van der Waals surface area contributed by atoms with Crippen LogP contribution in [0.2, 0.25) is 0 Å². The molecule has 0 atom stereocenters. The highest BCUT2D eigenvalue weighted by molar-refractivity contribution is 5.43. The third-order valence-corrected chi connectivity index (χ3v) is 4.61. The van der Waals surface area contributed by atoms with Crippen molar-refractivity contribution in [1.29, 1.82) is 0 Å².